The average Bonchev–Trinajstić information content (AvgIpc) is 3.09. The first-order valence-electron chi connectivity index (χ1n) is 7.19. The number of hydrogen-bond acceptors (Lipinski definition) is 4. The minimum absolute atomic E-state index is 0.466. The molecular formula is C16H24N2S2. The van der Waals surface area contributed by atoms with Crippen LogP contribution in [0, 0.1) is 0 Å². The zero-order chi connectivity index (χ0) is 14.2. The van der Waals surface area contributed by atoms with Crippen molar-refractivity contribution in [1.29, 1.82) is 0 Å². The average molecular weight is 309 g/mol. The van der Waals surface area contributed by atoms with Crippen LogP contribution in [0.1, 0.15) is 28.6 Å². The van der Waals surface area contributed by atoms with Crippen molar-refractivity contribution in [3.63, 3.8) is 0 Å². The van der Waals surface area contributed by atoms with Crippen LogP contribution in [0.5, 0.6) is 0 Å². The number of hydrogen-bond donors (Lipinski definition) is 1. The maximum Gasteiger partial charge on any atom is 0.0463 e. The minimum Gasteiger partial charge on any atom is -0.309 e. The van der Waals surface area contributed by atoms with Gasteiger partial charge in [-0.15, -0.1) is 22.7 Å². The van der Waals surface area contributed by atoms with Crippen molar-refractivity contribution in [2.24, 2.45) is 0 Å². The van der Waals surface area contributed by atoms with Gasteiger partial charge in [0, 0.05) is 22.2 Å². The third kappa shape index (κ3) is 5.37. The molecule has 0 bridgehead atoms. The molecule has 2 aromatic heterocycles. The van der Waals surface area contributed by atoms with Crippen LogP contribution in [0.3, 0.4) is 0 Å². The molecule has 2 aromatic rings. The highest BCUT2D eigenvalue weighted by Crippen LogP contribution is 2.24. The largest absolute Gasteiger partial charge is 0.309 e. The van der Waals surface area contributed by atoms with Crippen LogP contribution in [0.2, 0.25) is 0 Å². The molecule has 1 atom stereocenters. The van der Waals surface area contributed by atoms with Crippen LogP contribution < -0.4 is 5.32 Å². The van der Waals surface area contributed by atoms with Gasteiger partial charge in [-0.1, -0.05) is 12.1 Å². The third-order valence-corrected chi connectivity index (χ3v) is 5.18. The van der Waals surface area contributed by atoms with Crippen molar-refractivity contribution in [2.45, 2.75) is 25.3 Å². The third-order valence-electron chi connectivity index (χ3n) is 3.29. The molecule has 0 aromatic carbocycles. The van der Waals surface area contributed by atoms with E-state index in [1.807, 2.05) is 22.7 Å². The molecule has 0 spiro atoms. The number of unbranched alkanes of at least 4 members (excludes halogenated alkanes) is 1. The summed E-state index contributed by atoms with van der Waals surface area (Å²) in [6, 6.07) is 9.24. The molecule has 2 rings (SSSR count). The van der Waals surface area contributed by atoms with Gasteiger partial charge >= 0.3 is 0 Å². The van der Waals surface area contributed by atoms with Crippen molar-refractivity contribution in [3.8, 4) is 0 Å². The summed E-state index contributed by atoms with van der Waals surface area (Å²) in [5.74, 6) is 0. The molecule has 2 nitrogen and oxygen atoms in total. The molecule has 0 amide bonds. The Balaban J connectivity index is 1.81. The molecular weight excluding hydrogens is 284 g/mol. The van der Waals surface area contributed by atoms with Crippen molar-refractivity contribution in [3.05, 3.63) is 44.8 Å². The lowest BCUT2D eigenvalue weighted by molar-refractivity contribution is 0.388. The second-order valence-electron chi connectivity index (χ2n) is 5.32. The molecule has 0 aliphatic heterocycles. The Morgan fingerprint density at radius 2 is 1.90 bits per heavy atom. The highest BCUT2D eigenvalue weighted by Gasteiger charge is 2.13. The predicted octanol–water partition coefficient (Wildman–Crippen LogP) is 4.02. The molecule has 4 heteroatoms. The smallest absolute Gasteiger partial charge is 0.0463 e. The van der Waals surface area contributed by atoms with Crippen LogP contribution in [0.4, 0.5) is 0 Å². The van der Waals surface area contributed by atoms with Crippen molar-refractivity contribution < 1.29 is 0 Å². The lowest BCUT2D eigenvalue weighted by Gasteiger charge is -2.17. The Bertz CT molecular complexity index is 449. The van der Waals surface area contributed by atoms with Crippen molar-refractivity contribution >= 4 is 22.7 Å². The van der Waals surface area contributed by atoms with E-state index in [9.17, 15) is 0 Å². The number of rotatable bonds is 9. The zero-order valence-corrected chi connectivity index (χ0v) is 14.0. The summed E-state index contributed by atoms with van der Waals surface area (Å²) in [4.78, 5) is 5.16. The standard InChI is InChI=1S/C16H24N2S2/c1-18(2)10-4-3-9-17-15(16-8-6-12-20-16)13-14-7-5-11-19-14/h5-8,11-12,15,17H,3-4,9-10,13H2,1-2H3. The molecule has 1 N–H and O–H groups in total. The highest BCUT2D eigenvalue weighted by molar-refractivity contribution is 7.10. The van der Waals surface area contributed by atoms with Crippen LogP contribution >= 0.6 is 22.7 Å². The molecule has 0 aliphatic rings. The van der Waals surface area contributed by atoms with Crippen molar-refractivity contribution in [2.75, 3.05) is 27.2 Å². The lowest BCUT2D eigenvalue weighted by atomic mass is 10.1. The molecule has 0 saturated heterocycles. The van der Waals surface area contributed by atoms with Gasteiger partial charge in [0.05, 0.1) is 0 Å². The molecule has 0 fully saturated rings. The van der Waals surface area contributed by atoms with Gasteiger partial charge < -0.3 is 10.2 Å². The number of nitrogens with one attached hydrogen (secondary N) is 1. The van der Waals surface area contributed by atoms with Gasteiger partial charge in [0.15, 0.2) is 0 Å². The van der Waals surface area contributed by atoms with Gasteiger partial charge in [0.1, 0.15) is 0 Å². The molecule has 20 heavy (non-hydrogen) atoms. The normalized spacial score (nSPS) is 12.9. The lowest BCUT2D eigenvalue weighted by Crippen LogP contribution is -2.24. The zero-order valence-electron chi connectivity index (χ0n) is 12.3. The number of nitrogens with zero attached hydrogens (tertiary/aromatic N) is 1. The van der Waals surface area contributed by atoms with Crippen LogP contribution in [0.25, 0.3) is 0 Å². The van der Waals surface area contributed by atoms with Gasteiger partial charge in [-0.3, -0.25) is 0 Å². The van der Waals surface area contributed by atoms with Crippen LogP contribution in [-0.4, -0.2) is 32.1 Å². The second-order valence-corrected chi connectivity index (χ2v) is 7.33. The Kier molecular flexibility index (Phi) is 6.73. The van der Waals surface area contributed by atoms with Crippen LogP contribution in [-0.2, 0) is 6.42 Å². The maximum absolute atomic E-state index is 3.73. The summed E-state index contributed by atoms with van der Waals surface area (Å²) >= 11 is 3.71. The highest BCUT2D eigenvalue weighted by atomic mass is 32.1. The van der Waals surface area contributed by atoms with E-state index in [4.69, 9.17) is 0 Å². The number of thiophene rings is 2. The van der Waals surface area contributed by atoms with Gasteiger partial charge in [0.25, 0.3) is 0 Å². The quantitative estimate of drug-likeness (QED) is 0.704. The van der Waals surface area contributed by atoms with Gasteiger partial charge in [-0.25, -0.2) is 0 Å². The van der Waals surface area contributed by atoms with E-state index in [0.29, 0.717) is 6.04 Å². The van der Waals surface area contributed by atoms with Crippen LogP contribution in [0.15, 0.2) is 35.0 Å². The topological polar surface area (TPSA) is 15.3 Å². The van der Waals surface area contributed by atoms with E-state index < -0.39 is 0 Å². The van der Waals surface area contributed by atoms with Gasteiger partial charge in [-0.05, 0) is 62.9 Å². The van der Waals surface area contributed by atoms with E-state index in [-0.39, 0.29) is 0 Å². The summed E-state index contributed by atoms with van der Waals surface area (Å²) in [6.07, 6.45) is 3.60. The van der Waals surface area contributed by atoms with Gasteiger partial charge in [-0.2, -0.15) is 0 Å². The molecule has 110 valence electrons. The van der Waals surface area contributed by atoms with E-state index in [1.54, 1.807) is 0 Å². The van der Waals surface area contributed by atoms with E-state index in [1.165, 1.54) is 29.1 Å². The molecule has 0 radical (unpaired) electrons. The Labute approximate surface area is 130 Å². The van der Waals surface area contributed by atoms with Gasteiger partial charge in [0.2, 0.25) is 0 Å². The second kappa shape index (κ2) is 8.57. The summed E-state index contributed by atoms with van der Waals surface area (Å²) in [6.45, 7) is 2.28. The monoisotopic (exact) mass is 308 g/mol. The summed E-state index contributed by atoms with van der Waals surface area (Å²) in [5.41, 5.74) is 0. The fraction of sp³-hybridized carbons (Fsp3) is 0.500. The SMILES string of the molecule is CN(C)CCCCNC(Cc1cccs1)c1cccs1. The summed E-state index contributed by atoms with van der Waals surface area (Å²) in [5, 5.41) is 8.07. The Morgan fingerprint density at radius 1 is 1.10 bits per heavy atom. The Hall–Kier alpha value is -0.680. The van der Waals surface area contributed by atoms with Crippen molar-refractivity contribution in [1.82, 2.24) is 10.2 Å². The fourth-order valence-corrected chi connectivity index (χ4v) is 3.78. The summed E-state index contributed by atoms with van der Waals surface area (Å²) < 4.78 is 0. The fourth-order valence-electron chi connectivity index (χ4n) is 2.22. The maximum atomic E-state index is 3.73. The first-order chi connectivity index (χ1) is 9.75. The van der Waals surface area contributed by atoms with E-state index in [2.05, 4.69) is 59.3 Å². The molecule has 2 heterocycles. The summed E-state index contributed by atoms with van der Waals surface area (Å²) in [7, 11) is 4.28. The first kappa shape index (κ1) is 15.7. The Morgan fingerprint density at radius 3 is 2.55 bits per heavy atom. The molecule has 0 aliphatic carbocycles. The molecule has 0 saturated carbocycles. The predicted molar refractivity (Wildman–Crippen MR) is 90.9 cm³/mol. The molecule has 1 unspecified atom stereocenters. The van der Waals surface area contributed by atoms with E-state index in [0.717, 1.165) is 13.0 Å². The van der Waals surface area contributed by atoms with E-state index >= 15 is 0 Å². The minimum atomic E-state index is 0.466. The first-order valence-corrected chi connectivity index (χ1v) is 8.95.